The number of sulfonamides is 1. The van der Waals surface area contributed by atoms with Gasteiger partial charge in [-0.25, -0.2) is 23.4 Å². The summed E-state index contributed by atoms with van der Waals surface area (Å²) in [6.45, 7) is 2.08. The van der Waals surface area contributed by atoms with Gasteiger partial charge in [-0.3, -0.25) is 4.72 Å². The summed E-state index contributed by atoms with van der Waals surface area (Å²) in [6.07, 6.45) is 8.22. The molecule has 0 unspecified atom stereocenters. The SMILES string of the molecule is CCc1cc(-c2cnc(NS(=O)(=O)c3ccccc3Cl)cc2OC)cc2cnc(NC3CCC(N)CC3)nc12. The number of nitrogens with two attached hydrogens (primary N) is 1. The van der Waals surface area contributed by atoms with E-state index in [1.165, 1.54) is 19.2 Å². The van der Waals surface area contributed by atoms with E-state index in [4.69, 9.17) is 27.1 Å². The zero-order chi connectivity index (χ0) is 27.6. The molecular formula is C28H31ClN6O3S. The average Bonchev–Trinajstić information content (AvgIpc) is 2.93. The number of nitrogens with one attached hydrogen (secondary N) is 2. The Morgan fingerprint density at radius 2 is 1.85 bits per heavy atom. The Morgan fingerprint density at radius 1 is 1.08 bits per heavy atom. The van der Waals surface area contributed by atoms with Crippen LogP contribution < -0.4 is 20.5 Å². The van der Waals surface area contributed by atoms with Crippen LogP contribution in [0.4, 0.5) is 11.8 Å². The highest BCUT2D eigenvalue weighted by atomic mass is 35.5. The van der Waals surface area contributed by atoms with E-state index >= 15 is 0 Å². The second kappa shape index (κ2) is 11.3. The number of halogens is 1. The summed E-state index contributed by atoms with van der Waals surface area (Å²) in [5.74, 6) is 1.22. The molecule has 0 amide bonds. The first kappa shape index (κ1) is 27.1. The Bertz CT molecular complexity index is 1610. The van der Waals surface area contributed by atoms with Crippen molar-refractivity contribution in [1.29, 1.82) is 0 Å². The fraction of sp³-hybridized carbons (Fsp3) is 0.321. The van der Waals surface area contributed by atoms with Crippen LogP contribution in [0.15, 0.2) is 59.8 Å². The number of benzene rings is 2. The lowest BCUT2D eigenvalue weighted by molar-refractivity contribution is 0.410. The van der Waals surface area contributed by atoms with Crippen LogP contribution in [0.2, 0.25) is 5.02 Å². The molecule has 0 radical (unpaired) electrons. The van der Waals surface area contributed by atoms with Gasteiger partial charge in [0.05, 0.1) is 17.6 Å². The van der Waals surface area contributed by atoms with Gasteiger partial charge in [0.25, 0.3) is 10.0 Å². The number of anilines is 2. The standard InChI is InChI=1S/C28H31ClN6O3S/c1-3-17-12-18(13-19-15-32-28(34-27(17)19)33-21-10-8-20(30)9-11-21)22-16-31-26(14-24(22)38-2)35-39(36,37)25-7-5-4-6-23(25)29/h4-7,12-16,20-21H,3,8-11,30H2,1-2H3,(H,31,35)(H,32,33,34). The predicted octanol–water partition coefficient (Wildman–Crippen LogP) is 5.40. The molecule has 4 aromatic rings. The molecule has 4 N–H and O–H groups in total. The molecule has 11 heteroatoms. The van der Waals surface area contributed by atoms with Crippen molar-refractivity contribution in [2.24, 2.45) is 5.73 Å². The first-order valence-electron chi connectivity index (χ1n) is 12.9. The molecular weight excluding hydrogens is 536 g/mol. The lowest BCUT2D eigenvalue weighted by Crippen LogP contribution is -2.33. The molecule has 0 aliphatic heterocycles. The number of aromatic nitrogens is 3. The van der Waals surface area contributed by atoms with E-state index < -0.39 is 10.0 Å². The van der Waals surface area contributed by atoms with Crippen LogP contribution in [0.5, 0.6) is 5.75 Å². The molecule has 2 heterocycles. The van der Waals surface area contributed by atoms with Crippen LogP contribution in [-0.4, -0.2) is 42.6 Å². The molecule has 0 atom stereocenters. The van der Waals surface area contributed by atoms with E-state index in [0.29, 0.717) is 17.7 Å². The Labute approximate surface area is 233 Å². The van der Waals surface area contributed by atoms with Crippen molar-refractivity contribution in [3.8, 4) is 16.9 Å². The van der Waals surface area contributed by atoms with Crippen molar-refractivity contribution in [2.45, 2.75) is 56.0 Å². The fourth-order valence-electron chi connectivity index (χ4n) is 4.89. The third-order valence-corrected chi connectivity index (χ3v) is 8.86. The molecule has 0 spiro atoms. The van der Waals surface area contributed by atoms with Crippen molar-refractivity contribution in [2.75, 3.05) is 17.1 Å². The van der Waals surface area contributed by atoms with Gasteiger partial charge in [0.1, 0.15) is 16.5 Å². The van der Waals surface area contributed by atoms with Gasteiger partial charge in [0, 0.05) is 41.5 Å². The average molecular weight is 567 g/mol. The first-order valence-corrected chi connectivity index (χ1v) is 14.8. The monoisotopic (exact) mass is 566 g/mol. The number of aryl methyl sites for hydroxylation is 1. The normalized spacial score (nSPS) is 17.6. The van der Waals surface area contributed by atoms with Crippen molar-refractivity contribution in [3.05, 3.63) is 65.4 Å². The largest absolute Gasteiger partial charge is 0.496 e. The van der Waals surface area contributed by atoms with Crippen molar-refractivity contribution in [1.82, 2.24) is 15.0 Å². The minimum atomic E-state index is -3.93. The smallest absolute Gasteiger partial charge is 0.264 e. The minimum Gasteiger partial charge on any atom is -0.496 e. The molecule has 9 nitrogen and oxygen atoms in total. The topological polar surface area (TPSA) is 132 Å². The molecule has 2 aromatic carbocycles. The van der Waals surface area contributed by atoms with Gasteiger partial charge < -0.3 is 15.8 Å². The number of nitrogens with zero attached hydrogens (tertiary/aromatic N) is 3. The van der Waals surface area contributed by atoms with E-state index in [9.17, 15) is 8.42 Å². The second-order valence-corrected chi connectivity index (χ2v) is 11.7. The van der Waals surface area contributed by atoms with Crippen molar-refractivity contribution >= 4 is 44.3 Å². The lowest BCUT2D eigenvalue weighted by Gasteiger charge is -2.26. The molecule has 1 aliphatic carbocycles. The van der Waals surface area contributed by atoms with Gasteiger partial charge in [-0.05, 0) is 67.5 Å². The zero-order valence-electron chi connectivity index (χ0n) is 21.8. The van der Waals surface area contributed by atoms with Crippen LogP contribution in [0.1, 0.15) is 38.2 Å². The summed E-state index contributed by atoms with van der Waals surface area (Å²) in [7, 11) is -2.40. The summed E-state index contributed by atoms with van der Waals surface area (Å²) >= 11 is 6.10. The maximum Gasteiger partial charge on any atom is 0.264 e. The number of rotatable bonds is 8. The first-order chi connectivity index (χ1) is 18.8. The van der Waals surface area contributed by atoms with Crippen LogP contribution in [0.3, 0.4) is 0 Å². The van der Waals surface area contributed by atoms with Crippen LogP contribution in [0.25, 0.3) is 22.0 Å². The van der Waals surface area contributed by atoms with E-state index in [2.05, 4.69) is 33.0 Å². The second-order valence-electron chi connectivity index (χ2n) is 9.68. The number of fused-ring (bicyclic) bond motifs is 1. The van der Waals surface area contributed by atoms with Crippen molar-refractivity contribution in [3.63, 3.8) is 0 Å². The highest BCUT2D eigenvalue weighted by Gasteiger charge is 2.21. The van der Waals surface area contributed by atoms with Gasteiger partial charge in [-0.2, -0.15) is 0 Å². The molecule has 204 valence electrons. The van der Waals surface area contributed by atoms with E-state index in [0.717, 1.165) is 59.7 Å². The summed E-state index contributed by atoms with van der Waals surface area (Å²) in [6, 6.07) is 12.5. The predicted molar refractivity (Wildman–Crippen MR) is 155 cm³/mol. The third kappa shape index (κ3) is 5.93. The Kier molecular flexibility index (Phi) is 7.88. The number of hydrogen-bond acceptors (Lipinski definition) is 8. The number of pyridine rings is 1. The highest BCUT2D eigenvalue weighted by molar-refractivity contribution is 7.92. The van der Waals surface area contributed by atoms with Gasteiger partial charge in [-0.15, -0.1) is 0 Å². The number of hydrogen-bond donors (Lipinski definition) is 3. The van der Waals surface area contributed by atoms with E-state index in [-0.39, 0.29) is 21.8 Å². The summed E-state index contributed by atoms with van der Waals surface area (Å²) in [5.41, 5.74) is 9.58. The Balaban J connectivity index is 1.44. The number of ether oxygens (including phenoxy) is 1. The van der Waals surface area contributed by atoms with E-state index in [1.807, 2.05) is 12.3 Å². The molecule has 1 saturated carbocycles. The van der Waals surface area contributed by atoms with E-state index in [1.54, 1.807) is 24.4 Å². The molecule has 1 fully saturated rings. The van der Waals surface area contributed by atoms with Gasteiger partial charge in [-0.1, -0.05) is 30.7 Å². The quantitative estimate of drug-likeness (QED) is 0.258. The minimum absolute atomic E-state index is 0.0282. The van der Waals surface area contributed by atoms with Gasteiger partial charge in [0.2, 0.25) is 5.95 Å². The Hall–Kier alpha value is -3.47. The molecule has 1 aliphatic rings. The molecule has 2 aromatic heterocycles. The lowest BCUT2D eigenvalue weighted by atomic mass is 9.92. The van der Waals surface area contributed by atoms with Crippen molar-refractivity contribution < 1.29 is 13.2 Å². The Morgan fingerprint density at radius 3 is 2.56 bits per heavy atom. The van der Waals surface area contributed by atoms with Gasteiger partial charge >= 0.3 is 0 Å². The molecule has 0 bridgehead atoms. The molecule has 0 saturated heterocycles. The molecule has 5 rings (SSSR count). The zero-order valence-corrected chi connectivity index (χ0v) is 23.4. The number of methoxy groups -OCH3 is 1. The summed E-state index contributed by atoms with van der Waals surface area (Å²) in [5, 5.41) is 4.50. The third-order valence-electron chi connectivity index (χ3n) is 7.01. The highest BCUT2D eigenvalue weighted by Crippen LogP contribution is 2.35. The fourth-order valence-corrected chi connectivity index (χ4v) is 6.41. The van der Waals surface area contributed by atoms with Gasteiger partial charge in [0.15, 0.2) is 0 Å². The summed E-state index contributed by atoms with van der Waals surface area (Å²) < 4.78 is 33.9. The maximum atomic E-state index is 12.9. The summed E-state index contributed by atoms with van der Waals surface area (Å²) in [4.78, 5) is 13.7. The maximum absolute atomic E-state index is 12.9. The van der Waals surface area contributed by atoms with Crippen LogP contribution in [-0.2, 0) is 16.4 Å². The molecule has 39 heavy (non-hydrogen) atoms. The van der Waals surface area contributed by atoms with Crippen LogP contribution >= 0.6 is 11.6 Å². The van der Waals surface area contributed by atoms with Crippen LogP contribution in [0, 0.1) is 0 Å².